The number of aromatic amines is 1. The highest BCUT2D eigenvalue weighted by Crippen LogP contribution is 2.32. The molecular weight excluding hydrogens is 286 g/mol. The second kappa shape index (κ2) is 5.70. The van der Waals surface area contributed by atoms with Gasteiger partial charge in [-0.05, 0) is 42.1 Å². The van der Waals surface area contributed by atoms with Gasteiger partial charge in [0.2, 0.25) is 0 Å². The van der Waals surface area contributed by atoms with Gasteiger partial charge in [-0.3, -0.25) is 9.69 Å². The topological polar surface area (TPSA) is 41.0 Å². The molecule has 0 spiro atoms. The van der Waals surface area contributed by atoms with Gasteiger partial charge in [0.15, 0.2) is 0 Å². The summed E-state index contributed by atoms with van der Waals surface area (Å²) in [6, 6.07) is 12.3. The fourth-order valence-corrected chi connectivity index (χ4v) is 3.61. The molecule has 0 aliphatic carbocycles. The summed E-state index contributed by atoms with van der Waals surface area (Å²) in [6.45, 7) is 2.99. The van der Waals surface area contributed by atoms with Gasteiger partial charge in [-0.2, -0.15) is 0 Å². The summed E-state index contributed by atoms with van der Waals surface area (Å²) >= 11 is 0. The molecule has 2 aromatic heterocycles. The second-order valence-electron chi connectivity index (χ2n) is 6.49. The van der Waals surface area contributed by atoms with Crippen molar-refractivity contribution >= 4 is 10.9 Å². The maximum atomic E-state index is 11.8. The predicted octanol–water partition coefficient (Wildman–Crippen LogP) is 2.86. The molecule has 4 nitrogen and oxygen atoms in total. The van der Waals surface area contributed by atoms with Crippen molar-refractivity contribution in [2.75, 3.05) is 13.1 Å². The SMILES string of the molecule is Cn1ccc(CN2CC[C@H](c3c[nH]c4ccccc34)C2)cc1=O. The maximum absolute atomic E-state index is 11.8. The molecule has 1 fully saturated rings. The van der Waals surface area contributed by atoms with Crippen molar-refractivity contribution in [2.45, 2.75) is 18.9 Å². The van der Waals surface area contributed by atoms with E-state index in [4.69, 9.17) is 0 Å². The van der Waals surface area contributed by atoms with Crippen molar-refractivity contribution < 1.29 is 0 Å². The van der Waals surface area contributed by atoms with Gasteiger partial charge in [-0.1, -0.05) is 18.2 Å². The number of aryl methyl sites for hydroxylation is 1. The molecule has 1 atom stereocenters. The number of pyridine rings is 1. The smallest absolute Gasteiger partial charge is 0.250 e. The van der Waals surface area contributed by atoms with Crippen LogP contribution in [0.15, 0.2) is 53.6 Å². The minimum absolute atomic E-state index is 0.0647. The zero-order chi connectivity index (χ0) is 15.8. The van der Waals surface area contributed by atoms with Gasteiger partial charge in [0.1, 0.15) is 0 Å². The van der Waals surface area contributed by atoms with E-state index < -0.39 is 0 Å². The van der Waals surface area contributed by atoms with Crippen LogP contribution < -0.4 is 5.56 Å². The van der Waals surface area contributed by atoms with Crippen LogP contribution in [-0.2, 0) is 13.6 Å². The largest absolute Gasteiger partial charge is 0.361 e. The first-order valence-corrected chi connectivity index (χ1v) is 8.14. The third-order valence-electron chi connectivity index (χ3n) is 4.91. The number of likely N-dealkylation sites (tertiary alicyclic amines) is 1. The van der Waals surface area contributed by atoms with Crippen molar-refractivity contribution in [1.82, 2.24) is 14.5 Å². The van der Waals surface area contributed by atoms with Crippen molar-refractivity contribution in [3.63, 3.8) is 0 Å². The number of nitrogens with zero attached hydrogens (tertiary/aromatic N) is 2. The Bertz CT molecular complexity index is 893. The maximum Gasteiger partial charge on any atom is 0.250 e. The molecule has 3 aromatic rings. The van der Waals surface area contributed by atoms with E-state index in [-0.39, 0.29) is 5.56 Å². The molecule has 0 saturated carbocycles. The number of hydrogen-bond acceptors (Lipinski definition) is 2. The number of aromatic nitrogens is 2. The Kier molecular flexibility index (Phi) is 3.54. The summed E-state index contributed by atoms with van der Waals surface area (Å²) in [5, 5.41) is 1.34. The van der Waals surface area contributed by atoms with E-state index in [1.165, 1.54) is 22.9 Å². The van der Waals surface area contributed by atoms with E-state index in [2.05, 4.69) is 40.3 Å². The first-order chi connectivity index (χ1) is 11.2. The average Bonchev–Trinajstić information content (AvgIpc) is 3.17. The fraction of sp³-hybridized carbons (Fsp3) is 0.316. The third kappa shape index (κ3) is 2.70. The number of rotatable bonds is 3. The molecule has 118 valence electrons. The van der Waals surface area contributed by atoms with Crippen LogP contribution in [0.4, 0.5) is 0 Å². The van der Waals surface area contributed by atoms with Crippen LogP contribution in [0.2, 0.25) is 0 Å². The Balaban J connectivity index is 1.50. The first kappa shape index (κ1) is 14.3. The van der Waals surface area contributed by atoms with Gasteiger partial charge in [0, 0.05) is 49.5 Å². The molecule has 1 saturated heterocycles. The van der Waals surface area contributed by atoms with Gasteiger partial charge in [-0.25, -0.2) is 0 Å². The Morgan fingerprint density at radius 1 is 1.26 bits per heavy atom. The fourth-order valence-electron chi connectivity index (χ4n) is 3.61. The summed E-state index contributed by atoms with van der Waals surface area (Å²) < 4.78 is 1.61. The first-order valence-electron chi connectivity index (χ1n) is 8.14. The molecule has 3 heterocycles. The van der Waals surface area contributed by atoms with E-state index in [0.717, 1.165) is 25.2 Å². The van der Waals surface area contributed by atoms with Gasteiger partial charge >= 0.3 is 0 Å². The highest BCUT2D eigenvalue weighted by atomic mass is 16.1. The van der Waals surface area contributed by atoms with Crippen LogP contribution >= 0.6 is 0 Å². The van der Waals surface area contributed by atoms with Crippen LogP contribution in [0.3, 0.4) is 0 Å². The Labute approximate surface area is 135 Å². The molecule has 4 rings (SSSR count). The van der Waals surface area contributed by atoms with Crippen molar-refractivity contribution in [3.8, 4) is 0 Å². The monoisotopic (exact) mass is 307 g/mol. The number of para-hydroxylation sites is 1. The number of benzene rings is 1. The summed E-state index contributed by atoms with van der Waals surface area (Å²) in [7, 11) is 1.79. The zero-order valence-electron chi connectivity index (χ0n) is 13.3. The summed E-state index contributed by atoms with van der Waals surface area (Å²) in [5.41, 5.74) is 3.81. The van der Waals surface area contributed by atoms with Crippen LogP contribution in [-0.4, -0.2) is 27.5 Å². The van der Waals surface area contributed by atoms with Crippen LogP contribution in [0.5, 0.6) is 0 Å². The average molecular weight is 307 g/mol. The Hall–Kier alpha value is -2.33. The summed E-state index contributed by atoms with van der Waals surface area (Å²) in [6.07, 6.45) is 5.19. The van der Waals surface area contributed by atoms with Gasteiger partial charge in [-0.15, -0.1) is 0 Å². The van der Waals surface area contributed by atoms with Gasteiger partial charge < -0.3 is 9.55 Å². The number of hydrogen-bond donors (Lipinski definition) is 1. The van der Waals surface area contributed by atoms with Gasteiger partial charge in [0.05, 0.1) is 0 Å². The van der Waals surface area contributed by atoms with E-state index >= 15 is 0 Å². The summed E-state index contributed by atoms with van der Waals surface area (Å²) in [4.78, 5) is 17.6. The highest BCUT2D eigenvalue weighted by molar-refractivity contribution is 5.83. The lowest BCUT2D eigenvalue weighted by atomic mass is 9.98. The number of H-pyrrole nitrogens is 1. The number of nitrogens with one attached hydrogen (secondary N) is 1. The third-order valence-corrected chi connectivity index (χ3v) is 4.91. The molecule has 0 bridgehead atoms. The van der Waals surface area contributed by atoms with Crippen LogP contribution in [0.1, 0.15) is 23.5 Å². The quantitative estimate of drug-likeness (QED) is 0.808. The number of fused-ring (bicyclic) bond motifs is 1. The normalized spacial score (nSPS) is 18.7. The molecule has 0 unspecified atom stereocenters. The lowest BCUT2D eigenvalue weighted by Crippen LogP contribution is -2.22. The Morgan fingerprint density at radius 3 is 3.00 bits per heavy atom. The molecular formula is C19H21N3O. The highest BCUT2D eigenvalue weighted by Gasteiger charge is 2.25. The molecule has 4 heteroatoms. The minimum atomic E-state index is 0.0647. The van der Waals surface area contributed by atoms with E-state index in [9.17, 15) is 4.79 Å². The van der Waals surface area contributed by atoms with Gasteiger partial charge in [0.25, 0.3) is 5.56 Å². The molecule has 1 aliphatic rings. The van der Waals surface area contributed by atoms with E-state index in [1.807, 2.05) is 12.3 Å². The molecule has 1 aromatic carbocycles. The minimum Gasteiger partial charge on any atom is -0.361 e. The zero-order valence-corrected chi connectivity index (χ0v) is 13.3. The molecule has 0 radical (unpaired) electrons. The van der Waals surface area contributed by atoms with Crippen LogP contribution in [0.25, 0.3) is 10.9 Å². The summed E-state index contributed by atoms with van der Waals surface area (Å²) in [5.74, 6) is 0.567. The van der Waals surface area contributed by atoms with E-state index in [0.29, 0.717) is 5.92 Å². The van der Waals surface area contributed by atoms with E-state index in [1.54, 1.807) is 17.7 Å². The second-order valence-corrected chi connectivity index (χ2v) is 6.49. The molecule has 1 N–H and O–H groups in total. The van der Waals surface area contributed by atoms with Crippen molar-refractivity contribution in [2.24, 2.45) is 7.05 Å². The Morgan fingerprint density at radius 2 is 2.13 bits per heavy atom. The lowest BCUT2D eigenvalue weighted by Gasteiger charge is -2.16. The standard InChI is InChI=1S/C19H21N3O/c1-21-8-6-14(10-19(21)23)12-22-9-7-15(13-22)17-11-20-18-5-3-2-4-16(17)18/h2-6,8,10-11,15,20H,7,9,12-13H2,1H3/t15-/m0/s1. The molecule has 0 amide bonds. The molecule has 1 aliphatic heterocycles. The molecule has 23 heavy (non-hydrogen) atoms. The van der Waals surface area contributed by atoms with Crippen molar-refractivity contribution in [3.05, 3.63) is 70.3 Å². The lowest BCUT2D eigenvalue weighted by molar-refractivity contribution is 0.326. The van der Waals surface area contributed by atoms with Crippen LogP contribution in [0, 0.1) is 0 Å². The van der Waals surface area contributed by atoms with Crippen molar-refractivity contribution in [1.29, 1.82) is 0 Å². The predicted molar refractivity (Wildman–Crippen MR) is 92.6 cm³/mol.